The summed E-state index contributed by atoms with van der Waals surface area (Å²) in [5.41, 5.74) is 12.3. The maximum absolute atomic E-state index is 5.13. The van der Waals surface area contributed by atoms with Gasteiger partial charge in [0.15, 0.2) is 5.82 Å². The fraction of sp³-hybridized carbons (Fsp3) is 0.0213. The molecule has 6 aromatic carbocycles. The van der Waals surface area contributed by atoms with Gasteiger partial charge in [0, 0.05) is 37.7 Å². The zero-order valence-corrected chi connectivity index (χ0v) is 28.9. The average Bonchev–Trinajstić information content (AvgIpc) is 3.73. The van der Waals surface area contributed by atoms with E-state index < -0.39 is 0 Å². The van der Waals surface area contributed by atoms with Gasteiger partial charge >= 0.3 is 0 Å². The van der Waals surface area contributed by atoms with Crippen LogP contribution in [0.3, 0.4) is 0 Å². The second-order valence-electron chi connectivity index (χ2n) is 12.6. The Hall–Kier alpha value is -6.36. The van der Waals surface area contributed by atoms with Crippen LogP contribution >= 0.6 is 11.3 Å². The first kappa shape index (κ1) is 30.7. The third-order valence-corrected chi connectivity index (χ3v) is 10.7. The molecule has 0 bridgehead atoms. The van der Waals surface area contributed by atoms with Crippen molar-refractivity contribution >= 4 is 59.1 Å². The lowest BCUT2D eigenvalue weighted by Gasteiger charge is -2.10. The SMILES string of the molecule is C=C/C=C(\C=C/C)n1c2ccccc2c2c(-c3ccc(-c4ccc5c(c4)sc4c(-c6ccccc6)nc(-c6ccccc6)nc45)cc3)cccc21. The van der Waals surface area contributed by atoms with Crippen LogP contribution < -0.4 is 0 Å². The zero-order valence-electron chi connectivity index (χ0n) is 28.1. The maximum Gasteiger partial charge on any atom is 0.160 e. The van der Waals surface area contributed by atoms with Gasteiger partial charge in [0.2, 0.25) is 0 Å². The molecule has 0 aliphatic rings. The van der Waals surface area contributed by atoms with E-state index >= 15 is 0 Å². The Bertz CT molecular complexity index is 2800. The number of hydrogen-bond acceptors (Lipinski definition) is 3. The predicted octanol–water partition coefficient (Wildman–Crippen LogP) is 13.2. The Morgan fingerprint density at radius 3 is 2.08 bits per heavy atom. The van der Waals surface area contributed by atoms with Crippen molar-refractivity contribution in [3.05, 3.63) is 176 Å². The van der Waals surface area contributed by atoms with Crippen molar-refractivity contribution in [2.45, 2.75) is 6.92 Å². The third kappa shape index (κ3) is 5.29. The quantitative estimate of drug-likeness (QED) is 0.158. The van der Waals surface area contributed by atoms with Crippen LogP contribution in [0.25, 0.3) is 92.7 Å². The molecule has 0 fully saturated rings. The van der Waals surface area contributed by atoms with Gasteiger partial charge in [0.25, 0.3) is 0 Å². The fourth-order valence-electron chi connectivity index (χ4n) is 7.21. The van der Waals surface area contributed by atoms with E-state index in [2.05, 4.69) is 151 Å². The molecule has 4 heteroatoms. The van der Waals surface area contributed by atoms with Crippen LogP contribution in [0, 0.1) is 0 Å². The van der Waals surface area contributed by atoms with Crippen LogP contribution in [0.15, 0.2) is 176 Å². The molecule has 9 rings (SSSR count). The van der Waals surface area contributed by atoms with Gasteiger partial charge in [-0.05, 0) is 59.5 Å². The molecule has 0 aliphatic carbocycles. The first-order chi connectivity index (χ1) is 25.2. The van der Waals surface area contributed by atoms with E-state index in [1.54, 1.807) is 11.3 Å². The van der Waals surface area contributed by atoms with Crippen molar-refractivity contribution in [3.8, 4) is 44.9 Å². The highest BCUT2D eigenvalue weighted by Gasteiger charge is 2.18. The van der Waals surface area contributed by atoms with E-state index in [0.29, 0.717) is 0 Å². The summed E-state index contributed by atoms with van der Waals surface area (Å²) in [6, 6.07) is 51.7. The van der Waals surface area contributed by atoms with E-state index in [1.165, 1.54) is 48.8 Å². The lowest BCUT2D eigenvalue weighted by Crippen LogP contribution is -1.94. The summed E-state index contributed by atoms with van der Waals surface area (Å²) in [5, 5.41) is 3.63. The molecular weight excluding hydrogens is 639 g/mol. The lowest BCUT2D eigenvalue weighted by molar-refractivity contribution is 1.24. The van der Waals surface area contributed by atoms with Crippen LogP contribution in [-0.4, -0.2) is 14.5 Å². The van der Waals surface area contributed by atoms with Gasteiger partial charge in [-0.1, -0.05) is 146 Å². The summed E-state index contributed by atoms with van der Waals surface area (Å²) in [4.78, 5) is 10.2. The Kier molecular flexibility index (Phi) is 7.72. The Morgan fingerprint density at radius 2 is 1.31 bits per heavy atom. The number of aromatic nitrogens is 3. The van der Waals surface area contributed by atoms with Crippen LogP contribution in [0.2, 0.25) is 0 Å². The average molecular weight is 672 g/mol. The van der Waals surface area contributed by atoms with Crippen LogP contribution in [-0.2, 0) is 0 Å². The van der Waals surface area contributed by atoms with Crippen LogP contribution in [0.5, 0.6) is 0 Å². The molecule has 0 radical (unpaired) electrons. The summed E-state index contributed by atoms with van der Waals surface area (Å²) < 4.78 is 4.64. The van der Waals surface area contributed by atoms with Gasteiger partial charge in [-0.15, -0.1) is 11.3 Å². The highest BCUT2D eigenvalue weighted by molar-refractivity contribution is 7.26. The van der Waals surface area contributed by atoms with Gasteiger partial charge < -0.3 is 4.57 Å². The first-order valence-electron chi connectivity index (χ1n) is 17.2. The molecule has 0 saturated heterocycles. The number of para-hydroxylation sites is 1. The summed E-state index contributed by atoms with van der Waals surface area (Å²) in [5.74, 6) is 0.745. The largest absolute Gasteiger partial charge is 0.309 e. The van der Waals surface area contributed by atoms with E-state index in [1.807, 2.05) is 37.3 Å². The molecule has 0 amide bonds. The molecule has 242 valence electrons. The second-order valence-corrected chi connectivity index (χ2v) is 13.6. The van der Waals surface area contributed by atoms with Gasteiger partial charge in [-0.3, -0.25) is 0 Å². The highest BCUT2D eigenvalue weighted by Crippen LogP contribution is 2.42. The maximum atomic E-state index is 5.13. The molecule has 0 saturated carbocycles. The van der Waals surface area contributed by atoms with E-state index in [0.717, 1.165) is 43.9 Å². The standard InChI is InChI=1S/C47H33N3S/c1-3-14-36(15-4-2)50-40-22-12-11-20-38(40)43-37(21-13-23-41(43)50)32-26-24-31(25-27-32)35-28-29-39-42(30-35)51-46-44(33-16-7-5-8-17-33)48-47(49-45(39)46)34-18-9-6-10-19-34/h3-30H,1H2,2H3/b15-4-,36-14+. The molecular formula is C47H33N3S. The number of nitrogens with zero attached hydrogens (tertiary/aromatic N) is 3. The molecule has 0 N–H and O–H groups in total. The minimum Gasteiger partial charge on any atom is -0.309 e. The topological polar surface area (TPSA) is 30.7 Å². The highest BCUT2D eigenvalue weighted by atomic mass is 32.1. The number of allylic oxidation sites excluding steroid dienone is 5. The smallest absolute Gasteiger partial charge is 0.160 e. The molecule has 51 heavy (non-hydrogen) atoms. The summed E-state index contributed by atoms with van der Waals surface area (Å²) in [6.45, 7) is 6.03. The Morgan fingerprint density at radius 1 is 0.627 bits per heavy atom. The van der Waals surface area contributed by atoms with E-state index in [4.69, 9.17) is 9.97 Å². The van der Waals surface area contributed by atoms with Gasteiger partial charge in [-0.2, -0.15) is 0 Å². The summed E-state index contributed by atoms with van der Waals surface area (Å²) in [7, 11) is 0. The lowest BCUT2D eigenvalue weighted by atomic mass is 9.96. The van der Waals surface area contributed by atoms with Gasteiger partial charge in [-0.25, -0.2) is 9.97 Å². The van der Waals surface area contributed by atoms with Crippen molar-refractivity contribution in [2.75, 3.05) is 0 Å². The second kappa shape index (κ2) is 12.8. The van der Waals surface area contributed by atoms with Crippen molar-refractivity contribution in [1.82, 2.24) is 14.5 Å². The van der Waals surface area contributed by atoms with Crippen LogP contribution in [0.1, 0.15) is 6.92 Å². The number of thiophene rings is 1. The van der Waals surface area contributed by atoms with Crippen molar-refractivity contribution in [2.24, 2.45) is 0 Å². The monoisotopic (exact) mass is 671 g/mol. The van der Waals surface area contributed by atoms with Gasteiger partial charge in [0.05, 0.1) is 26.9 Å². The molecule has 3 nitrogen and oxygen atoms in total. The molecule has 3 aromatic heterocycles. The predicted molar refractivity (Wildman–Crippen MR) is 219 cm³/mol. The minimum absolute atomic E-state index is 0.745. The molecule has 0 unspecified atom stereocenters. The molecule has 9 aromatic rings. The zero-order chi connectivity index (χ0) is 34.3. The fourth-order valence-corrected chi connectivity index (χ4v) is 8.40. The number of fused-ring (bicyclic) bond motifs is 6. The first-order valence-corrected chi connectivity index (χ1v) is 18.0. The summed E-state index contributed by atoms with van der Waals surface area (Å²) >= 11 is 1.77. The number of benzene rings is 6. The summed E-state index contributed by atoms with van der Waals surface area (Å²) in [6.07, 6.45) is 8.14. The van der Waals surface area contributed by atoms with Crippen molar-refractivity contribution in [1.29, 1.82) is 0 Å². The molecule has 0 aliphatic heterocycles. The Labute approximate surface area is 300 Å². The van der Waals surface area contributed by atoms with E-state index in [9.17, 15) is 0 Å². The van der Waals surface area contributed by atoms with Crippen molar-refractivity contribution < 1.29 is 0 Å². The minimum atomic E-state index is 0.745. The van der Waals surface area contributed by atoms with Crippen molar-refractivity contribution in [3.63, 3.8) is 0 Å². The third-order valence-electron chi connectivity index (χ3n) is 9.50. The van der Waals surface area contributed by atoms with E-state index in [-0.39, 0.29) is 0 Å². The normalized spacial score (nSPS) is 12.1. The number of rotatable bonds is 7. The molecule has 0 spiro atoms. The van der Waals surface area contributed by atoms with Gasteiger partial charge in [0.1, 0.15) is 0 Å². The Balaban J connectivity index is 1.15. The molecule has 3 heterocycles. The van der Waals surface area contributed by atoms with Crippen LogP contribution in [0.4, 0.5) is 0 Å². The number of hydrogen-bond donors (Lipinski definition) is 0. The molecule has 0 atom stereocenters.